The molecule has 0 saturated heterocycles. The molecule has 1 aromatic heterocycles. The fourth-order valence-corrected chi connectivity index (χ4v) is 3.35. The van der Waals surface area contributed by atoms with E-state index >= 15 is 0 Å². The third-order valence-corrected chi connectivity index (χ3v) is 5.04. The summed E-state index contributed by atoms with van der Waals surface area (Å²) in [6.07, 6.45) is 0.802. The van der Waals surface area contributed by atoms with E-state index in [-0.39, 0.29) is 23.2 Å². The Kier molecular flexibility index (Phi) is 7.37. The number of pyridine rings is 1. The van der Waals surface area contributed by atoms with Gasteiger partial charge < -0.3 is 19.9 Å². The van der Waals surface area contributed by atoms with E-state index in [9.17, 15) is 19.1 Å². The lowest BCUT2D eigenvalue weighted by Gasteiger charge is -2.25. The van der Waals surface area contributed by atoms with E-state index in [1.165, 1.54) is 38.4 Å². The molecule has 0 aliphatic heterocycles. The molecule has 162 valence electrons. The zero-order valence-electron chi connectivity index (χ0n) is 17.9. The molecule has 2 rings (SSSR count). The van der Waals surface area contributed by atoms with Crippen molar-refractivity contribution in [2.75, 3.05) is 7.11 Å². The fourth-order valence-electron chi connectivity index (χ4n) is 3.35. The molecular weight excluding hydrogens is 391 g/mol. The van der Waals surface area contributed by atoms with Crippen LogP contribution in [0.5, 0.6) is 11.5 Å². The van der Waals surface area contributed by atoms with Crippen molar-refractivity contribution in [3.63, 3.8) is 0 Å². The smallest absolute Gasteiger partial charge is 0.328 e. The van der Waals surface area contributed by atoms with E-state index in [4.69, 9.17) is 9.47 Å². The van der Waals surface area contributed by atoms with E-state index in [0.717, 1.165) is 16.7 Å². The molecule has 0 bridgehead atoms. The second kappa shape index (κ2) is 9.56. The van der Waals surface area contributed by atoms with Crippen LogP contribution in [0.1, 0.15) is 53.9 Å². The molecule has 1 heterocycles. The molecule has 0 aliphatic carbocycles. The molecule has 7 nitrogen and oxygen atoms in total. The normalized spacial score (nSPS) is 13.8. The van der Waals surface area contributed by atoms with Crippen LogP contribution >= 0.6 is 0 Å². The number of carbonyl (C=O) groups is 2. The molecule has 8 heteroatoms. The lowest BCUT2D eigenvalue weighted by molar-refractivity contribution is -0.151. The zero-order valence-corrected chi connectivity index (χ0v) is 17.9. The molecule has 0 fully saturated rings. The summed E-state index contributed by atoms with van der Waals surface area (Å²) in [6.45, 7) is 8.74. The van der Waals surface area contributed by atoms with Gasteiger partial charge in [0.2, 0.25) is 0 Å². The number of aryl methyl sites for hydroxylation is 2. The van der Waals surface area contributed by atoms with Crippen molar-refractivity contribution >= 4 is 11.9 Å². The first-order valence-corrected chi connectivity index (χ1v) is 9.56. The van der Waals surface area contributed by atoms with Gasteiger partial charge in [0.05, 0.1) is 7.11 Å². The number of nitrogens with zero attached hydrogens (tertiary/aromatic N) is 1. The zero-order chi connectivity index (χ0) is 22.6. The van der Waals surface area contributed by atoms with Gasteiger partial charge >= 0.3 is 5.97 Å². The molecule has 2 N–H and O–H groups in total. The maximum absolute atomic E-state index is 13.6. The second-order valence-corrected chi connectivity index (χ2v) is 7.29. The Hall–Kier alpha value is -3.16. The Labute approximate surface area is 175 Å². The maximum atomic E-state index is 13.6. The number of nitrogens with one attached hydrogen (secondary N) is 1. The molecule has 30 heavy (non-hydrogen) atoms. The van der Waals surface area contributed by atoms with Crippen LogP contribution in [0.2, 0.25) is 0 Å². The number of hydrogen-bond donors (Lipinski definition) is 2. The van der Waals surface area contributed by atoms with Crippen molar-refractivity contribution < 1.29 is 28.6 Å². The minimum atomic E-state index is -0.977. The van der Waals surface area contributed by atoms with Gasteiger partial charge in [-0.3, -0.25) is 4.79 Å². The number of rotatable bonds is 7. The first-order chi connectivity index (χ1) is 14.1. The monoisotopic (exact) mass is 418 g/mol. The molecule has 0 radical (unpaired) electrons. The second-order valence-electron chi connectivity index (χ2n) is 7.29. The van der Waals surface area contributed by atoms with Gasteiger partial charge in [0.25, 0.3) is 5.91 Å². The highest BCUT2D eigenvalue weighted by Gasteiger charge is 2.27. The van der Waals surface area contributed by atoms with Crippen LogP contribution in [0.15, 0.2) is 24.4 Å². The maximum Gasteiger partial charge on any atom is 0.328 e. The minimum Gasteiger partial charge on any atom is -0.503 e. The highest BCUT2D eigenvalue weighted by atomic mass is 19.1. The molecule has 3 atom stereocenters. The number of esters is 1. The number of aromatic nitrogens is 1. The largest absolute Gasteiger partial charge is 0.503 e. The molecule has 1 amide bonds. The van der Waals surface area contributed by atoms with Crippen LogP contribution in [-0.4, -0.2) is 41.2 Å². The van der Waals surface area contributed by atoms with E-state index in [2.05, 4.69) is 10.3 Å². The summed E-state index contributed by atoms with van der Waals surface area (Å²) in [5, 5.41) is 12.5. The summed E-state index contributed by atoms with van der Waals surface area (Å²) in [5.41, 5.74) is 2.22. The van der Waals surface area contributed by atoms with E-state index < -0.39 is 29.8 Å². The molecule has 0 aliphatic rings. The third kappa shape index (κ3) is 5.06. The lowest BCUT2D eigenvalue weighted by Crippen LogP contribution is -2.41. The first kappa shape index (κ1) is 23.1. The van der Waals surface area contributed by atoms with Crippen LogP contribution < -0.4 is 10.1 Å². The number of amides is 1. The van der Waals surface area contributed by atoms with Crippen molar-refractivity contribution in [1.29, 1.82) is 0 Å². The number of ether oxygens (including phenoxy) is 2. The van der Waals surface area contributed by atoms with Gasteiger partial charge in [-0.05, 0) is 56.5 Å². The molecule has 2 unspecified atom stereocenters. The molecule has 0 saturated carbocycles. The van der Waals surface area contributed by atoms with E-state index in [0.29, 0.717) is 0 Å². The first-order valence-electron chi connectivity index (χ1n) is 9.56. The number of halogens is 1. The molecule has 2 aromatic rings. The van der Waals surface area contributed by atoms with E-state index in [1.807, 2.05) is 20.8 Å². The van der Waals surface area contributed by atoms with Crippen molar-refractivity contribution in [3.8, 4) is 11.5 Å². The van der Waals surface area contributed by atoms with Crippen molar-refractivity contribution in [1.82, 2.24) is 10.3 Å². The molecule has 0 spiro atoms. The summed E-state index contributed by atoms with van der Waals surface area (Å²) in [5.74, 6) is -2.18. The van der Waals surface area contributed by atoms with Crippen LogP contribution in [0.25, 0.3) is 0 Å². The van der Waals surface area contributed by atoms with Gasteiger partial charge in [0.15, 0.2) is 17.2 Å². The standard InChI is InChI=1S/C22H27FN2O5/c1-11-9-16(23)10-12(2)18(11)13(3)15(5)30-22(28)14(4)25-21(27)19-20(26)17(29-6)7-8-24-19/h7-10,13-15,26H,1-6H3,(H,25,27)/t13?,14-,15?/m0/s1. The summed E-state index contributed by atoms with van der Waals surface area (Å²) < 4.78 is 24.0. The average Bonchev–Trinajstić information content (AvgIpc) is 2.66. The third-order valence-electron chi connectivity index (χ3n) is 5.04. The van der Waals surface area contributed by atoms with Crippen molar-refractivity contribution in [2.24, 2.45) is 0 Å². The Balaban J connectivity index is 2.06. The Morgan fingerprint density at radius 1 is 1.17 bits per heavy atom. The minimum absolute atomic E-state index is 0.0952. The summed E-state index contributed by atoms with van der Waals surface area (Å²) in [7, 11) is 1.35. The Bertz CT molecular complexity index is 924. The fraction of sp³-hybridized carbons (Fsp3) is 0.409. The SMILES string of the molecule is COc1ccnc(C(=O)N[C@@H](C)C(=O)OC(C)C(C)c2c(C)cc(F)cc2C)c1O. The van der Waals surface area contributed by atoms with E-state index in [1.54, 1.807) is 6.92 Å². The highest BCUT2D eigenvalue weighted by molar-refractivity contribution is 5.97. The lowest BCUT2D eigenvalue weighted by atomic mass is 9.88. The number of benzene rings is 1. The van der Waals surface area contributed by atoms with Crippen LogP contribution in [0, 0.1) is 19.7 Å². The summed E-state index contributed by atoms with van der Waals surface area (Å²) in [6, 6.07) is 3.33. The quantitative estimate of drug-likeness (QED) is 0.669. The van der Waals surface area contributed by atoms with Gasteiger partial charge in [0, 0.05) is 18.2 Å². The summed E-state index contributed by atoms with van der Waals surface area (Å²) in [4.78, 5) is 28.7. The Morgan fingerprint density at radius 3 is 2.33 bits per heavy atom. The number of carbonyl (C=O) groups excluding carboxylic acids is 2. The van der Waals surface area contributed by atoms with Gasteiger partial charge in [0.1, 0.15) is 18.0 Å². The number of aromatic hydroxyl groups is 1. The Morgan fingerprint density at radius 2 is 1.77 bits per heavy atom. The van der Waals surface area contributed by atoms with Crippen LogP contribution in [-0.2, 0) is 9.53 Å². The van der Waals surface area contributed by atoms with Crippen molar-refractivity contribution in [3.05, 3.63) is 52.6 Å². The summed E-state index contributed by atoms with van der Waals surface area (Å²) >= 11 is 0. The van der Waals surface area contributed by atoms with Crippen LogP contribution in [0.4, 0.5) is 4.39 Å². The topological polar surface area (TPSA) is 97.8 Å². The van der Waals surface area contributed by atoms with Crippen molar-refractivity contribution in [2.45, 2.75) is 52.7 Å². The van der Waals surface area contributed by atoms with Crippen LogP contribution in [0.3, 0.4) is 0 Å². The molecule has 1 aromatic carbocycles. The number of hydrogen-bond acceptors (Lipinski definition) is 6. The van der Waals surface area contributed by atoms with Gasteiger partial charge in [-0.1, -0.05) is 6.92 Å². The van der Waals surface area contributed by atoms with Gasteiger partial charge in [-0.2, -0.15) is 0 Å². The average molecular weight is 418 g/mol. The van der Waals surface area contributed by atoms with Gasteiger partial charge in [-0.15, -0.1) is 0 Å². The predicted octanol–water partition coefficient (Wildman–Crippen LogP) is 3.41. The predicted molar refractivity (Wildman–Crippen MR) is 109 cm³/mol. The van der Waals surface area contributed by atoms with Gasteiger partial charge in [-0.25, -0.2) is 14.2 Å². The number of methoxy groups -OCH3 is 1. The molecular formula is C22H27FN2O5. The highest BCUT2D eigenvalue weighted by Crippen LogP contribution is 2.29.